The second kappa shape index (κ2) is 25.5. The number of carboxylic acids is 1. The summed E-state index contributed by atoms with van der Waals surface area (Å²) in [7, 11) is 0. The van der Waals surface area contributed by atoms with Gasteiger partial charge in [0, 0.05) is 24.5 Å². The molecule has 4 rings (SSSR count). The number of nitrogens with one attached hydrogen (secondary N) is 6. The number of hydrogen-bond acceptors (Lipinski definition) is 12. The largest absolute Gasteiger partial charge is 0.507 e. The predicted octanol–water partition coefficient (Wildman–Crippen LogP) is 6.56. The summed E-state index contributed by atoms with van der Waals surface area (Å²) in [6.45, 7) is 5.54. The normalized spacial score (nSPS) is 11.7. The minimum absolute atomic E-state index is 0.0111. The monoisotopic (exact) mass is 912 g/mol. The third-order valence-corrected chi connectivity index (χ3v) is 9.44. The number of amides is 6. The highest BCUT2D eigenvalue weighted by Gasteiger charge is 2.27. The van der Waals surface area contributed by atoms with Gasteiger partial charge in [-0.2, -0.15) is 0 Å². The third-order valence-electron chi connectivity index (χ3n) is 9.44. The highest BCUT2D eigenvalue weighted by atomic mass is 16.6. The topological polar surface area (TPSA) is 280 Å². The Labute approximate surface area is 381 Å². The zero-order valence-corrected chi connectivity index (χ0v) is 36.9. The molecule has 0 unspecified atom stereocenters. The number of hydrogen-bond donors (Lipinski definition) is 9. The number of aromatic hydroxyl groups is 2. The fourth-order valence-electron chi connectivity index (χ4n) is 6.14. The molecule has 4 aromatic carbocycles. The molecule has 0 aliphatic heterocycles. The maximum Gasteiger partial charge on any atom is 0.408 e. The number of aromatic carboxylic acids is 1. The van der Waals surface area contributed by atoms with E-state index < -0.39 is 76.7 Å². The molecule has 66 heavy (non-hydrogen) atoms. The SMILES string of the molecule is CC(C)(C)OC(=O)N[C@@H](CCCCNC(=O)OCc1ccccc1)C(=O)Nc1ccc(O)c(C(=O)N[C@@H](CCCCNC(=O)OCc2ccccc2)C(=O)Nc2ccc(O)c(C(=O)O)c2)c1. The number of carboxylic acid groups (broad SMARTS) is 1. The molecule has 6 amide bonds. The summed E-state index contributed by atoms with van der Waals surface area (Å²) in [5, 5.41) is 45.8. The van der Waals surface area contributed by atoms with Crippen LogP contribution in [0.5, 0.6) is 11.5 Å². The van der Waals surface area contributed by atoms with Crippen molar-refractivity contribution in [3.8, 4) is 11.5 Å². The fourth-order valence-corrected chi connectivity index (χ4v) is 6.14. The molecule has 9 N–H and O–H groups in total. The molecule has 0 radical (unpaired) electrons. The Morgan fingerprint density at radius 3 is 1.45 bits per heavy atom. The predicted molar refractivity (Wildman–Crippen MR) is 242 cm³/mol. The van der Waals surface area contributed by atoms with Crippen LogP contribution in [0.4, 0.5) is 25.8 Å². The lowest BCUT2D eigenvalue weighted by molar-refractivity contribution is -0.119. The van der Waals surface area contributed by atoms with E-state index in [1.54, 1.807) is 20.8 Å². The number of carbonyl (C=O) groups excluding carboxylic acids is 6. The first-order valence-electron chi connectivity index (χ1n) is 21.2. The van der Waals surface area contributed by atoms with Crippen molar-refractivity contribution in [2.75, 3.05) is 23.7 Å². The summed E-state index contributed by atoms with van der Waals surface area (Å²) >= 11 is 0. The van der Waals surface area contributed by atoms with Crippen LogP contribution in [0.1, 0.15) is 91.1 Å². The molecule has 0 aromatic heterocycles. The molecule has 0 aliphatic rings. The van der Waals surface area contributed by atoms with Crippen LogP contribution in [0.2, 0.25) is 0 Å². The first-order valence-corrected chi connectivity index (χ1v) is 21.2. The number of phenols is 2. The van der Waals surface area contributed by atoms with Crippen LogP contribution in [0, 0.1) is 0 Å². The van der Waals surface area contributed by atoms with E-state index in [0.29, 0.717) is 19.3 Å². The summed E-state index contributed by atoms with van der Waals surface area (Å²) in [4.78, 5) is 89.8. The number of carbonyl (C=O) groups is 7. The van der Waals surface area contributed by atoms with E-state index in [1.807, 2.05) is 60.7 Å². The zero-order chi connectivity index (χ0) is 48.1. The standard InChI is InChI=1S/C47H56N6O13/c1-47(2,3)66-46(63)53-37(19-11-13-25-49-45(62)65-29-31-16-8-5-9-17-31)42(58)50-32-20-22-38(54)34(26-32)40(56)52-36(41(57)51-33-21-23-39(55)35(27-33)43(59)60)18-10-12-24-48-44(61)64-28-30-14-6-4-7-15-30/h4-9,14-17,20-23,26-27,36-37,54-55H,10-13,18-19,24-25,28-29H2,1-3H3,(H,48,61)(H,49,62)(H,50,58)(H,51,57)(H,52,56)(H,53,63)(H,59,60)/t36-,37-/m0/s1. The quantitative estimate of drug-likeness (QED) is 0.0230. The summed E-state index contributed by atoms with van der Waals surface area (Å²) in [5.74, 6) is -4.82. The molecule has 0 heterocycles. The van der Waals surface area contributed by atoms with Crippen molar-refractivity contribution < 1.29 is 63.1 Å². The Morgan fingerprint density at radius 1 is 0.561 bits per heavy atom. The lowest BCUT2D eigenvalue weighted by Crippen LogP contribution is -2.46. The van der Waals surface area contributed by atoms with Crippen molar-refractivity contribution in [2.45, 2.75) is 90.2 Å². The van der Waals surface area contributed by atoms with E-state index in [-0.39, 0.29) is 62.5 Å². The lowest BCUT2D eigenvalue weighted by Gasteiger charge is -2.23. The molecule has 0 spiro atoms. The number of rotatable bonds is 22. The Balaban J connectivity index is 1.40. The van der Waals surface area contributed by atoms with Crippen molar-refractivity contribution in [2.24, 2.45) is 0 Å². The second-order valence-corrected chi connectivity index (χ2v) is 15.9. The first-order chi connectivity index (χ1) is 31.5. The first kappa shape index (κ1) is 50.8. The second-order valence-electron chi connectivity index (χ2n) is 15.9. The van der Waals surface area contributed by atoms with Gasteiger partial charge < -0.3 is 61.4 Å². The molecule has 19 nitrogen and oxygen atoms in total. The van der Waals surface area contributed by atoms with E-state index in [0.717, 1.165) is 29.3 Å². The molecular formula is C47H56N6O13. The maximum absolute atomic E-state index is 13.7. The van der Waals surface area contributed by atoms with Crippen LogP contribution in [-0.2, 0) is 37.0 Å². The van der Waals surface area contributed by atoms with Gasteiger partial charge in [-0.15, -0.1) is 0 Å². The van der Waals surface area contributed by atoms with Crippen LogP contribution >= 0.6 is 0 Å². The van der Waals surface area contributed by atoms with Crippen LogP contribution in [0.25, 0.3) is 0 Å². The van der Waals surface area contributed by atoms with Crippen molar-refractivity contribution >= 4 is 53.3 Å². The van der Waals surface area contributed by atoms with Gasteiger partial charge >= 0.3 is 24.2 Å². The van der Waals surface area contributed by atoms with Crippen LogP contribution in [0.3, 0.4) is 0 Å². The number of benzene rings is 4. The molecular weight excluding hydrogens is 857 g/mol. The number of phenolic OH excluding ortho intramolecular Hbond substituents is 1. The Kier molecular flexibility index (Phi) is 19.6. The van der Waals surface area contributed by atoms with Crippen LogP contribution < -0.4 is 31.9 Å². The molecule has 0 bridgehead atoms. The Morgan fingerprint density at radius 2 is 1.00 bits per heavy atom. The molecule has 4 aromatic rings. The molecule has 2 atom stereocenters. The summed E-state index contributed by atoms with van der Waals surface area (Å²) in [6, 6.07) is 22.9. The summed E-state index contributed by atoms with van der Waals surface area (Å²) in [5.41, 5.74) is 0.0212. The zero-order valence-electron chi connectivity index (χ0n) is 36.9. The van der Waals surface area contributed by atoms with Crippen molar-refractivity contribution in [1.29, 1.82) is 0 Å². The lowest BCUT2D eigenvalue weighted by atomic mass is 10.1. The minimum Gasteiger partial charge on any atom is -0.507 e. The van der Waals surface area contributed by atoms with Gasteiger partial charge in [0.15, 0.2) is 0 Å². The minimum atomic E-state index is -1.44. The van der Waals surface area contributed by atoms with Gasteiger partial charge in [0.2, 0.25) is 11.8 Å². The third kappa shape index (κ3) is 18.1. The Bertz CT molecular complexity index is 2290. The maximum atomic E-state index is 13.7. The van der Waals surface area contributed by atoms with Gasteiger partial charge in [-0.1, -0.05) is 60.7 Å². The number of unbranched alkanes of at least 4 members (excludes halogenated alkanes) is 2. The Hall–Kier alpha value is -7.83. The van der Waals surface area contributed by atoms with E-state index >= 15 is 0 Å². The number of ether oxygens (including phenoxy) is 3. The van der Waals surface area contributed by atoms with Crippen molar-refractivity contribution in [3.05, 3.63) is 119 Å². The van der Waals surface area contributed by atoms with Gasteiger partial charge in [-0.25, -0.2) is 19.2 Å². The number of alkyl carbamates (subject to hydrolysis) is 3. The van der Waals surface area contributed by atoms with E-state index in [9.17, 15) is 48.9 Å². The van der Waals surface area contributed by atoms with Crippen molar-refractivity contribution in [3.63, 3.8) is 0 Å². The van der Waals surface area contributed by atoms with Crippen LogP contribution in [0.15, 0.2) is 97.1 Å². The van der Waals surface area contributed by atoms with Gasteiger partial charge in [0.25, 0.3) is 5.91 Å². The molecule has 352 valence electrons. The average molecular weight is 913 g/mol. The summed E-state index contributed by atoms with van der Waals surface area (Å²) < 4.78 is 15.8. The molecule has 19 heteroatoms. The van der Waals surface area contributed by atoms with Crippen molar-refractivity contribution in [1.82, 2.24) is 21.3 Å². The summed E-state index contributed by atoms with van der Waals surface area (Å²) in [6.07, 6.45) is -0.554. The molecule has 0 saturated carbocycles. The molecule has 0 fully saturated rings. The van der Waals surface area contributed by atoms with Gasteiger partial charge in [0.05, 0.1) is 5.56 Å². The van der Waals surface area contributed by atoms with E-state index in [2.05, 4.69) is 31.9 Å². The smallest absolute Gasteiger partial charge is 0.408 e. The fraction of sp³-hybridized carbons (Fsp3) is 0.340. The molecule has 0 saturated heterocycles. The van der Waals surface area contributed by atoms with Crippen LogP contribution in [-0.4, -0.2) is 88.1 Å². The van der Waals surface area contributed by atoms with Gasteiger partial charge in [-0.05, 0) is 107 Å². The average Bonchev–Trinajstić information content (AvgIpc) is 3.27. The number of anilines is 2. The highest BCUT2D eigenvalue weighted by molar-refractivity contribution is 6.04. The van der Waals surface area contributed by atoms with Gasteiger partial charge in [0.1, 0.15) is 48.0 Å². The molecule has 0 aliphatic carbocycles. The van der Waals surface area contributed by atoms with E-state index in [4.69, 9.17) is 14.2 Å². The highest BCUT2D eigenvalue weighted by Crippen LogP contribution is 2.24. The van der Waals surface area contributed by atoms with E-state index in [1.165, 1.54) is 18.2 Å². The van der Waals surface area contributed by atoms with Gasteiger partial charge in [-0.3, -0.25) is 14.4 Å².